The standard InChI is InChI=1S/C21H21N3O3S/c1-14-6-8-15(9-7-14)19(17-5-4-12-28-17)22-18(25)11-10-16-13-23(2)21(27)24(3)20(16)26/h4-13,19H,1-3H3,(H,22,25)/b11-10+. The lowest BCUT2D eigenvalue weighted by molar-refractivity contribution is -0.116. The van der Waals surface area contributed by atoms with Gasteiger partial charge in [-0.2, -0.15) is 0 Å². The van der Waals surface area contributed by atoms with E-state index in [0.29, 0.717) is 0 Å². The van der Waals surface area contributed by atoms with E-state index in [1.165, 1.54) is 30.0 Å². The molecule has 1 unspecified atom stereocenters. The van der Waals surface area contributed by atoms with E-state index in [4.69, 9.17) is 0 Å². The maximum Gasteiger partial charge on any atom is 0.330 e. The van der Waals surface area contributed by atoms with E-state index in [2.05, 4.69) is 5.32 Å². The molecular weight excluding hydrogens is 374 g/mol. The minimum atomic E-state index is -0.444. The van der Waals surface area contributed by atoms with Crippen LogP contribution >= 0.6 is 11.3 Å². The van der Waals surface area contributed by atoms with E-state index in [9.17, 15) is 14.4 Å². The lowest BCUT2D eigenvalue weighted by atomic mass is 10.0. The van der Waals surface area contributed by atoms with Gasteiger partial charge in [0.25, 0.3) is 5.56 Å². The normalized spacial score (nSPS) is 12.2. The van der Waals surface area contributed by atoms with Crippen molar-refractivity contribution < 1.29 is 4.79 Å². The predicted octanol–water partition coefficient (Wildman–Crippen LogP) is 2.37. The quantitative estimate of drug-likeness (QED) is 0.674. The van der Waals surface area contributed by atoms with Gasteiger partial charge in [-0.3, -0.25) is 14.2 Å². The molecule has 0 bridgehead atoms. The highest BCUT2D eigenvalue weighted by Gasteiger charge is 2.17. The first kappa shape index (κ1) is 19.6. The van der Waals surface area contributed by atoms with Crippen LogP contribution in [0.2, 0.25) is 0 Å². The SMILES string of the molecule is Cc1ccc(C(NC(=O)/C=C/c2cn(C)c(=O)n(C)c2=O)c2cccs2)cc1. The van der Waals surface area contributed by atoms with Crippen LogP contribution in [0.3, 0.4) is 0 Å². The van der Waals surface area contributed by atoms with Crippen LogP contribution in [-0.4, -0.2) is 15.0 Å². The van der Waals surface area contributed by atoms with Gasteiger partial charge in [0.15, 0.2) is 0 Å². The van der Waals surface area contributed by atoms with Crippen LogP contribution in [0.1, 0.15) is 27.6 Å². The topological polar surface area (TPSA) is 73.1 Å². The number of thiophene rings is 1. The maximum atomic E-state index is 12.5. The smallest absolute Gasteiger partial charge is 0.330 e. The zero-order valence-electron chi connectivity index (χ0n) is 15.9. The van der Waals surface area contributed by atoms with Gasteiger partial charge in [-0.1, -0.05) is 35.9 Å². The first-order chi connectivity index (χ1) is 13.4. The molecule has 3 rings (SSSR count). The predicted molar refractivity (Wildman–Crippen MR) is 111 cm³/mol. The summed E-state index contributed by atoms with van der Waals surface area (Å²) in [6, 6.07) is 11.6. The van der Waals surface area contributed by atoms with Crippen molar-refractivity contribution in [1.82, 2.24) is 14.5 Å². The van der Waals surface area contributed by atoms with Gasteiger partial charge < -0.3 is 9.88 Å². The van der Waals surface area contributed by atoms with Crippen LogP contribution in [0.5, 0.6) is 0 Å². The lowest BCUT2D eigenvalue weighted by Crippen LogP contribution is -2.37. The molecule has 1 atom stereocenters. The molecule has 3 aromatic rings. The van der Waals surface area contributed by atoms with Crippen LogP contribution < -0.4 is 16.6 Å². The molecule has 0 saturated carbocycles. The summed E-state index contributed by atoms with van der Waals surface area (Å²) in [5.74, 6) is -0.324. The van der Waals surface area contributed by atoms with Crippen LogP contribution in [0.15, 0.2) is 63.6 Å². The summed E-state index contributed by atoms with van der Waals surface area (Å²) >= 11 is 1.56. The summed E-state index contributed by atoms with van der Waals surface area (Å²) in [5, 5.41) is 4.96. The maximum absolute atomic E-state index is 12.5. The summed E-state index contributed by atoms with van der Waals surface area (Å²) in [4.78, 5) is 37.5. The Bertz CT molecular complexity index is 1120. The number of carbonyl (C=O) groups is 1. The van der Waals surface area contributed by atoms with Gasteiger partial charge in [-0.05, 0) is 30.0 Å². The third-order valence-corrected chi connectivity index (χ3v) is 5.35. The number of aryl methyl sites for hydroxylation is 2. The number of nitrogens with one attached hydrogen (secondary N) is 1. The third-order valence-electron chi connectivity index (χ3n) is 4.41. The van der Waals surface area contributed by atoms with Gasteiger partial charge in [0, 0.05) is 31.2 Å². The monoisotopic (exact) mass is 395 g/mol. The first-order valence-electron chi connectivity index (χ1n) is 8.72. The second-order valence-electron chi connectivity index (χ2n) is 6.54. The fraction of sp³-hybridized carbons (Fsp3) is 0.190. The molecule has 1 aromatic carbocycles. The minimum Gasteiger partial charge on any atom is -0.341 e. The van der Waals surface area contributed by atoms with E-state index >= 15 is 0 Å². The third kappa shape index (κ3) is 4.20. The molecular formula is C21H21N3O3S. The molecule has 1 amide bonds. The minimum absolute atomic E-state index is 0.266. The van der Waals surface area contributed by atoms with E-state index in [1.54, 1.807) is 18.4 Å². The van der Waals surface area contributed by atoms with Gasteiger partial charge >= 0.3 is 5.69 Å². The van der Waals surface area contributed by atoms with Gasteiger partial charge in [-0.15, -0.1) is 11.3 Å². The zero-order valence-corrected chi connectivity index (χ0v) is 16.7. The molecule has 0 aliphatic rings. The second kappa shape index (κ2) is 8.22. The number of carbonyl (C=O) groups excluding carboxylic acids is 1. The molecule has 0 fully saturated rings. The molecule has 0 saturated heterocycles. The molecule has 0 radical (unpaired) electrons. The Morgan fingerprint density at radius 2 is 1.86 bits per heavy atom. The molecule has 7 heteroatoms. The Balaban J connectivity index is 1.85. The zero-order chi connectivity index (χ0) is 20.3. The van der Waals surface area contributed by atoms with Crippen molar-refractivity contribution in [1.29, 1.82) is 0 Å². The van der Waals surface area contributed by atoms with Crippen molar-refractivity contribution in [3.63, 3.8) is 0 Å². The Kier molecular flexibility index (Phi) is 5.75. The lowest BCUT2D eigenvalue weighted by Gasteiger charge is -2.17. The summed E-state index contributed by atoms with van der Waals surface area (Å²) in [7, 11) is 2.97. The Morgan fingerprint density at radius 3 is 2.50 bits per heavy atom. The molecule has 2 aromatic heterocycles. The number of nitrogens with zero attached hydrogens (tertiary/aromatic N) is 2. The van der Waals surface area contributed by atoms with Gasteiger partial charge in [0.2, 0.25) is 5.91 Å². The molecule has 6 nitrogen and oxygen atoms in total. The number of rotatable bonds is 5. The van der Waals surface area contributed by atoms with E-state index in [1.807, 2.05) is 48.7 Å². The molecule has 28 heavy (non-hydrogen) atoms. The highest BCUT2D eigenvalue weighted by atomic mass is 32.1. The number of hydrogen-bond acceptors (Lipinski definition) is 4. The van der Waals surface area contributed by atoms with Crippen molar-refractivity contribution in [2.24, 2.45) is 14.1 Å². The first-order valence-corrected chi connectivity index (χ1v) is 9.60. The molecule has 0 aliphatic carbocycles. The second-order valence-corrected chi connectivity index (χ2v) is 7.52. The van der Waals surface area contributed by atoms with Crippen LogP contribution in [0, 0.1) is 6.92 Å². The van der Waals surface area contributed by atoms with Gasteiger partial charge in [-0.25, -0.2) is 4.79 Å². The Morgan fingerprint density at radius 1 is 1.14 bits per heavy atom. The highest BCUT2D eigenvalue weighted by Crippen LogP contribution is 2.26. The number of aromatic nitrogens is 2. The average molecular weight is 395 g/mol. The Labute approximate surface area is 166 Å². The Hall–Kier alpha value is -3.19. The molecule has 0 aliphatic heterocycles. The summed E-state index contributed by atoms with van der Waals surface area (Å²) in [6.07, 6.45) is 4.17. The summed E-state index contributed by atoms with van der Waals surface area (Å²) < 4.78 is 2.32. The number of amides is 1. The fourth-order valence-corrected chi connectivity index (χ4v) is 3.64. The number of benzene rings is 1. The van der Waals surface area contributed by atoms with Gasteiger partial charge in [0.05, 0.1) is 11.6 Å². The van der Waals surface area contributed by atoms with E-state index in [0.717, 1.165) is 20.6 Å². The van der Waals surface area contributed by atoms with Crippen LogP contribution in [-0.2, 0) is 18.9 Å². The average Bonchev–Trinajstić information content (AvgIpc) is 3.21. The summed E-state index contributed by atoms with van der Waals surface area (Å²) in [6.45, 7) is 2.01. The number of hydrogen-bond donors (Lipinski definition) is 1. The van der Waals surface area contributed by atoms with Gasteiger partial charge in [0.1, 0.15) is 0 Å². The van der Waals surface area contributed by atoms with E-state index in [-0.39, 0.29) is 17.5 Å². The van der Waals surface area contributed by atoms with Crippen molar-refractivity contribution in [3.8, 4) is 0 Å². The fourth-order valence-electron chi connectivity index (χ4n) is 2.84. The van der Waals surface area contributed by atoms with Crippen LogP contribution in [0.25, 0.3) is 6.08 Å². The van der Waals surface area contributed by atoms with Crippen molar-refractivity contribution in [2.75, 3.05) is 0 Å². The van der Waals surface area contributed by atoms with Crippen molar-refractivity contribution >= 4 is 23.3 Å². The van der Waals surface area contributed by atoms with Crippen molar-refractivity contribution in [2.45, 2.75) is 13.0 Å². The van der Waals surface area contributed by atoms with Crippen LogP contribution in [0.4, 0.5) is 0 Å². The highest BCUT2D eigenvalue weighted by molar-refractivity contribution is 7.10. The molecule has 0 spiro atoms. The summed E-state index contributed by atoms with van der Waals surface area (Å²) in [5.41, 5.74) is 1.53. The van der Waals surface area contributed by atoms with E-state index < -0.39 is 11.2 Å². The molecule has 144 valence electrons. The molecule has 1 N–H and O–H groups in total. The largest absolute Gasteiger partial charge is 0.341 e. The molecule has 2 heterocycles. The van der Waals surface area contributed by atoms with Crippen molar-refractivity contribution in [3.05, 3.63) is 96.5 Å².